The summed E-state index contributed by atoms with van der Waals surface area (Å²) in [7, 11) is 0. The molecular weight excluding hydrogens is 400 g/mol. The fourth-order valence-corrected chi connectivity index (χ4v) is 4.38. The Labute approximate surface area is 187 Å². The van der Waals surface area contributed by atoms with Crippen molar-refractivity contribution in [2.75, 3.05) is 31.1 Å². The average Bonchev–Trinajstić information content (AvgIpc) is 3.48. The lowest BCUT2D eigenvalue weighted by atomic mass is 9.98. The Morgan fingerprint density at radius 1 is 1.00 bits per heavy atom. The first kappa shape index (κ1) is 20.1. The Kier molecular flexibility index (Phi) is 5.71. The molecule has 2 heterocycles. The molecule has 5 rings (SSSR count). The Morgan fingerprint density at radius 3 is 2.28 bits per heavy atom. The lowest BCUT2D eigenvalue weighted by Gasteiger charge is -2.14. The molecule has 160 valence electrons. The highest BCUT2D eigenvalue weighted by Crippen LogP contribution is 2.44. The second-order valence-corrected chi connectivity index (χ2v) is 7.95. The van der Waals surface area contributed by atoms with E-state index in [1.54, 1.807) is 12.4 Å². The van der Waals surface area contributed by atoms with Crippen molar-refractivity contribution in [3.05, 3.63) is 77.6 Å². The molecule has 1 aliphatic heterocycles. The van der Waals surface area contributed by atoms with Gasteiger partial charge in [0.25, 0.3) is 0 Å². The molecule has 1 amide bonds. The summed E-state index contributed by atoms with van der Waals surface area (Å²) >= 11 is 0. The van der Waals surface area contributed by atoms with Crippen molar-refractivity contribution in [3.8, 4) is 23.0 Å². The number of hydrogen-bond acceptors (Lipinski definition) is 5. The summed E-state index contributed by atoms with van der Waals surface area (Å²) in [5.41, 5.74) is 5.53. The van der Waals surface area contributed by atoms with Crippen LogP contribution in [0.15, 0.2) is 60.9 Å². The molecule has 2 aliphatic rings. The van der Waals surface area contributed by atoms with Crippen molar-refractivity contribution < 1.29 is 9.53 Å². The van der Waals surface area contributed by atoms with Crippen molar-refractivity contribution >= 4 is 12.0 Å². The lowest BCUT2D eigenvalue weighted by Crippen LogP contribution is -2.26. The van der Waals surface area contributed by atoms with E-state index in [1.807, 2.05) is 24.3 Å². The summed E-state index contributed by atoms with van der Waals surface area (Å²) < 4.78 is 5.52. The second kappa shape index (κ2) is 9.11. The normalized spacial score (nSPS) is 14.3. The number of nitrogens with one attached hydrogen (secondary N) is 1. The van der Waals surface area contributed by atoms with E-state index in [-0.39, 0.29) is 12.5 Å². The standard InChI is InChI=1S/C26H24N4O2/c31-26(27-13-7-8-19-16-28-25(29-17-19)30-14-5-6-15-30)32-18-24-22-11-3-1-9-20(22)21-10-2-4-12-23(21)24/h1-4,9-12,16-17,24H,5-6,13-15,18H2,(H,27,31). The molecule has 0 spiro atoms. The molecule has 3 aromatic rings. The third-order valence-corrected chi connectivity index (χ3v) is 5.92. The van der Waals surface area contributed by atoms with E-state index >= 15 is 0 Å². The van der Waals surface area contributed by atoms with Gasteiger partial charge in [-0.25, -0.2) is 14.8 Å². The third kappa shape index (κ3) is 4.15. The predicted octanol–water partition coefficient (Wildman–Crippen LogP) is 3.97. The maximum atomic E-state index is 12.2. The number of benzene rings is 2. The van der Waals surface area contributed by atoms with Gasteiger partial charge in [0.05, 0.1) is 12.1 Å². The summed E-state index contributed by atoms with van der Waals surface area (Å²) in [4.78, 5) is 23.1. The molecule has 6 nitrogen and oxygen atoms in total. The van der Waals surface area contributed by atoms with Gasteiger partial charge in [0.15, 0.2) is 0 Å². The largest absolute Gasteiger partial charge is 0.449 e. The molecule has 1 saturated heterocycles. The minimum Gasteiger partial charge on any atom is -0.449 e. The topological polar surface area (TPSA) is 67.4 Å². The van der Waals surface area contributed by atoms with Gasteiger partial charge >= 0.3 is 6.09 Å². The van der Waals surface area contributed by atoms with E-state index in [0.29, 0.717) is 6.61 Å². The molecule has 1 aliphatic carbocycles. The molecule has 0 atom stereocenters. The molecule has 0 saturated carbocycles. The van der Waals surface area contributed by atoms with E-state index in [1.165, 1.54) is 35.1 Å². The Bertz CT molecular complexity index is 1130. The Hall–Kier alpha value is -3.85. The van der Waals surface area contributed by atoms with Crippen LogP contribution < -0.4 is 10.2 Å². The van der Waals surface area contributed by atoms with Crippen LogP contribution >= 0.6 is 0 Å². The highest BCUT2D eigenvalue weighted by atomic mass is 16.5. The molecule has 0 bridgehead atoms. The monoisotopic (exact) mass is 424 g/mol. The Balaban J connectivity index is 1.13. The van der Waals surface area contributed by atoms with Crippen LogP contribution in [0.1, 0.15) is 35.4 Å². The quantitative estimate of drug-likeness (QED) is 0.642. The summed E-state index contributed by atoms with van der Waals surface area (Å²) in [5, 5.41) is 2.70. The lowest BCUT2D eigenvalue weighted by molar-refractivity contribution is 0.144. The van der Waals surface area contributed by atoms with Crippen molar-refractivity contribution in [1.29, 1.82) is 0 Å². The minimum atomic E-state index is -0.471. The zero-order valence-electron chi connectivity index (χ0n) is 17.8. The maximum Gasteiger partial charge on any atom is 0.407 e. The van der Waals surface area contributed by atoms with E-state index < -0.39 is 6.09 Å². The molecule has 0 radical (unpaired) electrons. The van der Waals surface area contributed by atoms with E-state index in [9.17, 15) is 4.79 Å². The van der Waals surface area contributed by atoms with Crippen LogP contribution in [0.2, 0.25) is 0 Å². The SMILES string of the molecule is O=C(NCC#Cc1cnc(N2CCCC2)nc1)OCC1c2ccccc2-c2ccccc21. The van der Waals surface area contributed by atoms with Crippen LogP contribution in [0.25, 0.3) is 11.1 Å². The van der Waals surface area contributed by atoms with Crippen LogP contribution in [0, 0.1) is 11.8 Å². The molecule has 2 aromatic carbocycles. The van der Waals surface area contributed by atoms with Gasteiger partial charge in [-0.05, 0) is 35.1 Å². The molecule has 6 heteroatoms. The fraction of sp³-hybridized carbons (Fsp3) is 0.269. The van der Waals surface area contributed by atoms with Gasteiger partial charge in [0, 0.05) is 31.4 Å². The zero-order valence-corrected chi connectivity index (χ0v) is 17.8. The predicted molar refractivity (Wildman–Crippen MR) is 123 cm³/mol. The van der Waals surface area contributed by atoms with Crippen molar-refractivity contribution in [3.63, 3.8) is 0 Å². The first-order valence-electron chi connectivity index (χ1n) is 10.9. The number of carbonyl (C=O) groups is 1. The van der Waals surface area contributed by atoms with Gasteiger partial charge in [-0.2, -0.15) is 0 Å². The van der Waals surface area contributed by atoms with Gasteiger partial charge in [0.1, 0.15) is 6.61 Å². The molecule has 1 aromatic heterocycles. The summed E-state index contributed by atoms with van der Waals surface area (Å²) in [6.45, 7) is 2.51. The number of aromatic nitrogens is 2. The molecule has 1 N–H and O–H groups in total. The van der Waals surface area contributed by atoms with Crippen molar-refractivity contribution in [1.82, 2.24) is 15.3 Å². The number of hydrogen-bond donors (Lipinski definition) is 1. The molecule has 0 unspecified atom stereocenters. The maximum absolute atomic E-state index is 12.2. The number of nitrogens with zero attached hydrogens (tertiary/aromatic N) is 3. The summed E-state index contributed by atoms with van der Waals surface area (Å²) in [6, 6.07) is 16.6. The zero-order chi connectivity index (χ0) is 21.8. The van der Waals surface area contributed by atoms with E-state index in [2.05, 4.69) is 56.3 Å². The van der Waals surface area contributed by atoms with Gasteiger partial charge in [0.2, 0.25) is 5.95 Å². The average molecular weight is 425 g/mol. The molecular formula is C26H24N4O2. The van der Waals surface area contributed by atoms with Crippen LogP contribution in [0.4, 0.5) is 10.7 Å². The number of rotatable bonds is 4. The smallest absolute Gasteiger partial charge is 0.407 e. The first-order valence-corrected chi connectivity index (χ1v) is 10.9. The highest BCUT2D eigenvalue weighted by Gasteiger charge is 2.28. The van der Waals surface area contributed by atoms with Crippen LogP contribution in [-0.2, 0) is 4.74 Å². The number of amides is 1. The second-order valence-electron chi connectivity index (χ2n) is 7.95. The van der Waals surface area contributed by atoms with E-state index in [4.69, 9.17) is 4.74 Å². The number of fused-ring (bicyclic) bond motifs is 3. The Morgan fingerprint density at radius 2 is 1.62 bits per heavy atom. The van der Waals surface area contributed by atoms with Crippen molar-refractivity contribution in [2.24, 2.45) is 0 Å². The number of anilines is 1. The number of carbonyl (C=O) groups excluding carboxylic acids is 1. The summed E-state index contributed by atoms with van der Waals surface area (Å²) in [6.07, 6.45) is 5.35. The minimum absolute atomic E-state index is 0.0468. The van der Waals surface area contributed by atoms with Crippen LogP contribution in [0.3, 0.4) is 0 Å². The number of alkyl carbamates (subject to hydrolysis) is 1. The number of ether oxygens (including phenoxy) is 1. The van der Waals surface area contributed by atoms with Gasteiger partial charge in [-0.3, -0.25) is 0 Å². The van der Waals surface area contributed by atoms with Gasteiger partial charge in [-0.15, -0.1) is 0 Å². The molecule has 1 fully saturated rings. The van der Waals surface area contributed by atoms with Gasteiger partial charge < -0.3 is 15.0 Å². The van der Waals surface area contributed by atoms with E-state index in [0.717, 1.165) is 24.6 Å². The highest BCUT2D eigenvalue weighted by molar-refractivity contribution is 5.79. The first-order chi connectivity index (χ1) is 15.8. The third-order valence-electron chi connectivity index (χ3n) is 5.92. The molecule has 32 heavy (non-hydrogen) atoms. The fourth-order valence-electron chi connectivity index (χ4n) is 4.38. The van der Waals surface area contributed by atoms with Gasteiger partial charge in [-0.1, -0.05) is 60.4 Å². The van der Waals surface area contributed by atoms with Crippen molar-refractivity contribution in [2.45, 2.75) is 18.8 Å². The summed E-state index contributed by atoms with van der Waals surface area (Å²) in [5.74, 6) is 6.70. The van der Waals surface area contributed by atoms with Crippen LogP contribution in [0.5, 0.6) is 0 Å². The van der Waals surface area contributed by atoms with Crippen LogP contribution in [-0.4, -0.2) is 42.3 Å².